The van der Waals surface area contributed by atoms with E-state index >= 15 is 0 Å². The number of phenolic OH excluding ortho intramolecular Hbond substituents is 1. The number of aryl methyl sites for hydroxylation is 1. The number of carbonyl (C=O) groups is 2. The summed E-state index contributed by atoms with van der Waals surface area (Å²) in [5, 5.41) is 13.2. The number of hydrogen-bond acceptors (Lipinski definition) is 5. The van der Waals surface area contributed by atoms with Crippen molar-refractivity contribution in [2.75, 3.05) is 11.9 Å². The van der Waals surface area contributed by atoms with Gasteiger partial charge in [-0.3, -0.25) is 14.6 Å². The van der Waals surface area contributed by atoms with Gasteiger partial charge in [-0.05, 0) is 62.9 Å². The minimum Gasteiger partial charge on any atom is -0.504 e. The minimum atomic E-state index is -0.487. The number of phenols is 1. The molecule has 0 aromatic heterocycles. The number of ketones is 1. The van der Waals surface area contributed by atoms with E-state index in [-0.39, 0.29) is 17.4 Å². The molecule has 0 bridgehead atoms. The van der Waals surface area contributed by atoms with Crippen molar-refractivity contribution in [3.8, 4) is 11.5 Å². The number of hydrogen-bond donors (Lipinski definition) is 2. The number of rotatable bonds is 5. The van der Waals surface area contributed by atoms with Crippen LogP contribution in [0.25, 0.3) is 0 Å². The topological polar surface area (TPSA) is 88.0 Å². The molecule has 2 aromatic rings. The summed E-state index contributed by atoms with van der Waals surface area (Å²) >= 11 is 0. The van der Waals surface area contributed by atoms with E-state index < -0.39 is 11.8 Å². The van der Waals surface area contributed by atoms with Gasteiger partial charge in [0.2, 0.25) is 0 Å². The van der Waals surface area contributed by atoms with Gasteiger partial charge in [-0.1, -0.05) is 24.3 Å². The van der Waals surface area contributed by atoms with Gasteiger partial charge >= 0.3 is 0 Å². The third-order valence-electron chi connectivity index (χ3n) is 6.19. The van der Waals surface area contributed by atoms with Crippen molar-refractivity contribution in [1.82, 2.24) is 0 Å². The van der Waals surface area contributed by atoms with Gasteiger partial charge in [0.15, 0.2) is 11.5 Å². The summed E-state index contributed by atoms with van der Waals surface area (Å²) < 4.78 is 5.58. The molecule has 0 radical (unpaired) electrons. The van der Waals surface area contributed by atoms with Crippen LogP contribution in [-0.4, -0.2) is 29.1 Å². The molecule has 32 heavy (non-hydrogen) atoms. The summed E-state index contributed by atoms with van der Waals surface area (Å²) in [5.41, 5.74) is 4.36. The Morgan fingerprint density at radius 1 is 1.16 bits per heavy atom. The average molecular weight is 433 g/mol. The Kier molecular flexibility index (Phi) is 6.12. The van der Waals surface area contributed by atoms with E-state index in [0.717, 1.165) is 35.4 Å². The molecule has 4 rings (SSSR count). The predicted octanol–water partition coefficient (Wildman–Crippen LogP) is 4.92. The first-order valence-corrected chi connectivity index (χ1v) is 11.0. The molecule has 0 saturated heterocycles. The Hall–Kier alpha value is -3.41. The number of para-hydroxylation sites is 1. The molecule has 6 nitrogen and oxygen atoms in total. The van der Waals surface area contributed by atoms with E-state index in [1.54, 1.807) is 18.2 Å². The van der Waals surface area contributed by atoms with Gasteiger partial charge in [-0.15, -0.1) is 0 Å². The highest BCUT2D eigenvalue weighted by Gasteiger charge is 2.43. The molecule has 1 saturated carbocycles. The van der Waals surface area contributed by atoms with Crippen LogP contribution in [0.3, 0.4) is 0 Å². The number of benzene rings is 2. The van der Waals surface area contributed by atoms with Gasteiger partial charge in [-0.2, -0.15) is 0 Å². The van der Waals surface area contributed by atoms with E-state index in [1.165, 1.54) is 0 Å². The molecular formula is C26H28N2O4. The number of carbonyl (C=O) groups excluding carboxylic acids is 2. The fourth-order valence-electron chi connectivity index (χ4n) is 4.67. The maximum absolute atomic E-state index is 13.5. The third-order valence-corrected chi connectivity index (χ3v) is 6.19. The maximum atomic E-state index is 13.5. The number of nitrogens with zero attached hydrogens (tertiary/aromatic N) is 1. The molecule has 1 amide bonds. The SMILES string of the molecule is CCOc1cc([C@@H]2C(C(=O)Nc3ccccc3C)=C(C)N=C3CCCC(=O)C32)ccc1O. The van der Waals surface area contributed by atoms with E-state index in [1.807, 2.05) is 45.0 Å². The zero-order chi connectivity index (χ0) is 22.8. The van der Waals surface area contributed by atoms with Crippen LogP contribution >= 0.6 is 0 Å². The number of Topliss-reactive ketones (excluding diaryl/α,β-unsaturated/α-hetero) is 1. The molecule has 2 atom stereocenters. The highest BCUT2D eigenvalue weighted by atomic mass is 16.5. The lowest BCUT2D eigenvalue weighted by Crippen LogP contribution is -2.39. The van der Waals surface area contributed by atoms with Crippen LogP contribution in [-0.2, 0) is 9.59 Å². The Bertz CT molecular complexity index is 1130. The number of nitrogens with one attached hydrogen (secondary N) is 1. The number of ether oxygens (including phenoxy) is 1. The van der Waals surface area contributed by atoms with E-state index in [2.05, 4.69) is 5.32 Å². The number of amides is 1. The average Bonchev–Trinajstić information content (AvgIpc) is 2.76. The number of anilines is 1. The summed E-state index contributed by atoms with van der Waals surface area (Å²) in [5.74, 6) is -0.771. The van der Waals surface area contributed by atoms with Crippen LogP contribution in [0.2, 0.25) is 0 Å². The molecule has 1 aliphatic heterocycles. The molecule has 2 N–H and O–H groups in total. The lowest BCUT2D eigenvalue weighted by atomic mass is 9.69. The third kappa shape index (κ3) is 4.05. The van der Waals surface area contributed by atoms with Crippen molar-refractivity contribution in [1.29, 1.82) is 0 Å². The smallest absolute Gasteiger partial charge is 0.254 e. The first-order valence-electron chi connectivity index (χ1n) is 11.0. The van der Waals surface area contributed by atoms with Crippen LogP contribution in [0.4, 0.5) is 5.69 Å². The summed E-state index contributed by atoms with van der Waals surface area (Å²) in [6, 6.07) is 12.6. The summed E-state index contributed by atoms with van der Waals surface area (Å²) in [7, 11) is 0. The summed E-state index contributed by atoms with van der Waals surface area (Å²) in [6.45, 7) is 6.00. The van der Waals surface area contributed by atoms with Crippen molar-refractivity contribution < 1.29 is 19.4 Å². The lowest BCUT2D eigenvalue weighted by Gasteiger charge is -2.36. The Balaban J connectivity index is 1.82. The van der Waals surface area contributed by atoms with E-state index in [9.17, 15) is 14.7 Å². The number of aromatic hydroxyl groups is 1. The highest BCUT2D eigenvalue weighted by molar-refractivity contribution is 6.14. The first-order chi connectivity index (χ1) is 15.4. The number of aliphatic imine (C=N–C) groups is 1. The molecule has 0 spiro atoms. The van der Waals surface area contributed by atoms with Gasteiger partial charge in [0.1, 0.15) is 5.78 Å². The second-order valence-corrected chi connectivity index (χ2v) is 8.31. The Morgan fingerprint density at radius 2 is 1.94 bits per heavy atom. The van der Waals surface area contributed by atoms with Crippen molar-refractivity contribution in [2.24, 2.45) is 10.9 Å². The summed E-state index contributed by atoms with van der Waals surface area (Å²) in [6.07, 6.45) is 1.99. The van der Waals surface area contributed by atoms with Crippen molar-refractivity contribution in [2.45, 2.75) is 46.0 Å². The Morgan fingerprint density at radius 3 is 2.69 bits per heavy atom. The predicted molar refractivity (Wildman–Crippen MR) is 124 cm³/mol. The standard InChI is InChI=1S/C26H28N2O4/c1-4-32-22-14-17(12-13-20(22)29)24-23(26(31)28-18-9-6-5-8-15(18)2)16(3)27-19-10-7-11-21(30)25(19)24/h5-6,8-9,12-14,24-25,29H,4,7,10-11H2,1-3H3,(H,28,31)/t24-,25?/m1/s1. The van der Waals surface area contributed by atoms with Crippen LogP contribution in [0.1, 0.15) is 50.2 Å². The fourth-order valence-corrected chi connectivity index (χ4v) is 4.67. The van der Waals surface area contributed by atoms with Gasteiger partial charge < -0.3 is 15.2 Å². The van der Waals surface area contributed by atoms with Crippen LogP contribution in [0, 0.1) is 12.8 Å². The quantitative estimate of drug-likeness (QED) is 0.702. The maximum Gasteiger partial charge on any atom is 0.254 e. The second-order valence-electron chi connectivity index (χ2n) is 8.31. The molecule has 166 valence electrons. The van der Waals surface area contributed by atoms with Gasteiger partial charge in [0.25, 0.3) is 5.91 Å². The monoisotopic (exact) mass is 432 g/mol. The van der Waals surface area contributed by atoms with E-state index in [4.69, 9.17) is 9.73 Å². The zero-order valence-corrected chi connectivity index (χ0v) is 18.6. The van der Waals surface area contributed by atoms with Crippen molar-refractivity contribution in [3.63, 3.8) is 0 Å². The lowest BCUT2D eigenvalue weighted by molar-refractivity contribution is -0.122. The molecule has 1 unspecified atom stereocenters. The van der Waals surface area contributed by atoms with Crippen LogP contribution < -0.4 is 10.1 Å². The van der Waals surface area contributed by atoms with Crippen molar-refractivity contribution >= 4 is 23.1 Å². The number of fused-ring (bicyclic) bond motifs is 1. The molecule has 6 heteroatoms. The molecule has 1 fully saturated rings. The molecule has 2 aliphatic rings. The first kappa shape index (κ1) is 21.8. The largest absolute Gasteiger partial charge is 0.504 e. The molecular weight excluding hydrogens is 404 g/mol. The van der Waals surface area contributed by atoms with Crippen LogP contribution in [0.15, 0.2) is 58.7 Å². The molecule has 1 heterocycles. The minimum absolute atomic E-state index is 0.0295. The van der Waals surface area contributed by atoms with Gasteiger partial charge in [-0.25, -0.2) is 0 Å². The molecule has 1 aliphatic carbocycles. The van der Waals surface area contributed by atoms with E-state index in [0.29, 0.717) is 30.0 Å². The van der Waals surface area contributed by atoms with Crippen molar-refractivity contribution in [3.05, 3.63) is 64.9 Å². The zero-order valence-electron chi connectivity index (χ0n) is 18.6. The summed E-state index contributed by atoms with van der Waals surface area (Å²) in [4.78, 5) is 31.3. The normalized spacial score (nSPS) is 20.5. The Labute approximate surface area is 188 Å². The highest BCUT2D eigenvalue weighted by Crippen LogP contribution is 2.44. The van der Waals surface area contributed by atoms with Gasteiger partial charge in [0, 0.05) is 35.0 Å². The van der Waals surface area contributed by atoms with Crippen LogP contribution in [0.5, 0.6) is 11.5 Å². The molecule has 2 aromatic carbocycles. The fraction of sp³-hybridized carbons (Fsp3) is 0.346. The number of allylic oxidation sites excluding steroid dienone is 1. The van der Waals surface area contributed by atoms with Gasteiger partial charge in [0.05, 0.1) is 12.5 Å². The second kappa shape index (κ2) is 8.99.